The van der Waals surface area contributed by atoms with Crippen LogP contribution in [-0.2, 0) is 9.59 Å². The first-order valence-corrected chi connectivity index (χ1v) is 11.3. The van der Waals surface area contributed by atoms with E-state index in [1.807, 2.05) is 23.1 Å². The topological polar surface area (TPSA) is 67.2 Å². The molecule has 5 rings (SSSR count). The Kier molecular flexibility index (Phi) is 5.02. The summed E-state index contributed by atoms with van der Waals surface area (Å²) in [5.74, 6) is 0.995. The molecular weight excluding hydrogens is 364 g/mol. The normalized spacial score (nSPS) is 23.3. The summed E-state index contributed by atoms with van der Waals surface area (Å²) < 4.78 is 2.25. The molecule has 0 spiro atoms. The van der Waals surface area contributed by atoms with E-state index in [0.29, 0.717) is 18.5 Å². The molecule has 1 aliphatic heterocycles. The van der Waals surface area contributed by atoms with E-state index in [1.54, 1.807) is 0 Å². The summed E-state index contributed by atoms with van der Waals surface area (Å²) in [5.41, 5.74) is 2.03. The SMILES string of the molecule is O=C(Nc1nc2ccccc2n1C1CCCCC1)C1CCCN(C(=O)C2CC2)C1. The van der Waals surface area contributed by atoms with Gasteiger partial charge in [0.25, 0.3) is 0 Å². The van der Waals surface area contributed by atoms with Crippen molar-refractivity contribution in [1.82, 2.24) is 14.5 Å². The van der Waals surface area contributed by atoms with Gasteiger partial charge in [0, 0.05) is 25.0 Å². The average molecular weight is 395 g/mol. The van der Waals surface area contributed by atoms with E-state index in [-0.39, 0.29) is 23.7 Å². The molecule has 1 saturated heterocycles. The standard InChI is InChI=1S/C23H30N4O2/c28-21(17-7-6-14-26(15-17)22(29)16-12-13-16)25-23-24-19-10-4-5-11-20(19)27(23)18-8-2-1-3-9-18/h4-5,10-11,16-18H,1-3,6-9,12-15H2,(H,24,25,28). The van der Waals surface area contributed by atoms with Crippen LogP contribution in [0.3, 0.4) is 0 Å². The van der Waals surface area contributed by atoms with E-state index in [9.17, 15) is 9.59 Å². The number of hydrogen-bond donors (Lipinski definition) is 1. The molecule has 1 aromatic carbocycles. The maximum Gasteiger partial charge on any atom is 0.231 e. The number of likely N-dealkylation sites (tertiary alicyclic amines) is 1. The van der Waals surface area contributed by atoms with Gasteiger partial charge in [-0.1, -0.05) is 31.4 Å². The third-order valence-electron chi connectivity index (χ3n) is 6.80. The van der Waals surface area contributed by atoms with Gasteiger partial charge in [-0.15, -0.1) is 0 Å². The van der Waals surface area contributed by atoms with Gasteiger partial charge in [-0.2, -0.15) is 0 Å². The average Bonchev–Trinajstić information content (AvgIpc) is 3.55. The number of carbonyl (C=O) groups is 2. The zero-order chi connectivity index (χ0) is 19.8. The van der Waals surface area contributed by atoms with Crippen LogP contribution in [-0.4, -0.2) is 39.4 Å². The zero-order valence-corrected chi connectivity index (χ0v) is 17.0. The number of anilines is 1. The van der Waals surface area contributed by atoms with E-state index in [0.717, 1.165) is 56.1 Å². The second kappa shape index (κ2) is 7.81. The van der Waals surface area contributed by atoms with Crippen LogP contribution in [0, 0.1) is 11.8 Å². The molecule has 2 saturated carbocycles. The molecule has 1 aromatic heterocycles. The van der Waals surface area contributed by atoms with Gasteiger partial charge in [0.2, 0.25) is 17.8 Å². The third-order valence-corrected chi connectivity index (χ3v) is 6.80. The predicted octanol–water partition coefficient (Wildman–Crippen LogP) is 4.13. The highest BCUT2D eigenvalue weighted by Gasteiger charge is 2.37. The van der Waals surface area contributed by atoms with Crippen molar-refractivity contribution in [3.63, 3.8) is 0 Å². The molecule has 0 bridgehead atoms. The first-order chi connectivity index (χ1) is 14.2. The van der Waals surface area contributed by atoms with Crippen LogP contribution in [0.25, 0.3) is 11.0 Å². The van der Waals surface area contributed by atoms with Crippen molar-refractivity contribution in [1.29, 1.82) is 0 Å². The van der Waals surface area contributed by atoms with Crippen molar-refractivity contribution in [2.24, 2.45) is 11.8 Å². The number of para-hydroxylation sites is 2. The fraction of sp³-hybridized carbons (Fsp3) is 0.609. The highest BCUT2D eigenvalue weighted by Crippen LogP contribution is 2.35. The molecule has 1 N–H and O–H groups in total. The lowest BCUT2D eigenvalue weighted by atomic mass is 9.95. The molecule has 2 aliphatic carbocycles. The van der Waals surface area contributed by atoms with Crippen molar-refractivity contribution in [3.8, 4) is 0 Å². The van der Waals surface area contributed by atoms with Crippen LogP contribution >= 0.6 is 0 Å². The minimum atomic E-state index is -0.147. The summed E-state index contributed by atoms with van der Waals surface area (Å²) in [5, 5.41) is 3.15. The lowest BCUT2D eigenvalue weighted by molar-refractivity contribution is -0.135. The molecule has 0 radical (unpaired) electrons. The molecular formula is C23H30N4O2. The molecule has 1 atom stereocenters. The van der Waals surface area contributed by atoms with Gasteiger partial charge in [0.05, 0.1) is 17.0 Å². The van der Waals surface area contributed by atoms with Crippen LogP contribution in [0.1, 0.15) is 63.8 Å². The number of amides is 2. The number of nitrogens with zero attached hydrogens (tertiary/aromatic N) is 3. The van der Waals surface area contributed by atoms with Crippen molar-refractivity contribution in [3.05, 3.63) is 24.3 Å². The fourth-order valence-corrected chi connectivity index (χ4v) is 5.03. The first-order valence-electron chi connectivity index (χ1n) is 11.3. The smallest absolute Gasteiger partial charge is 0.231 e. The Morgan fingerprint density at radius 3 is 2.52 bits per heavy atom. The lowest BCUT2D eigenvalue weighted by Gasteiger charge is -2.32. The van der Waals surface area contributed by atoms with Gasteiger partial charge in [-0.25, -0.2) is 4.98 Å². The summed E-state index contributed by atoms with van der Waals surface area (Å²) in [6, 6.07) is 8.54. The number of imidazole rings is 1. The first kappa shape index (κ1) is 18.6. The summed E-state index contributed by atoms with van der Waals surface area (Å²) in [6.07, 6.45) is 9.77. The highest BCUT2D eigenvalue weighted by molar-refractivity contribution is 5.94. The Labute approximate surface area is 171 Å². The monoisotopic (exact) mass is 394 g/mol. The lowest BCUT2D eigenvalue weighted by Crippen LogP contribution is -2.44. The molecule has 6 nitrogen and oxygen atoms in total. The van der Waals surface area contributed by atoms with Crippen LogP contribution in [0.15, 0.2) is 24.3 Å². The van der Waals surface area contributed by atoms with E-state index in [4.69, 9.17) is 4.98 Å². The van der Waals surface area contributed by atoms with Crippen molar-refractivity contribution in [2.45, 2.75) is 63.8 Å². The van der Waals surface area contributed by atoms with Crippen molar-refractivity contribution in [2.75, 3.05) is 18.4 Å². The number of carbonyl (C=O) groups excluding carboxylic acids is 2. The number of piperidine rings is 1. The largest absolute Gasteiger partial charge is 0.342 e. The second-order valence-electron chi connectivity index (χ2n) is 8.97. The maximum absolute atomic E-state index is 13.1. The Balaban J connectivity index is 1.36. The van der Waals surface area contributed by atoms with Crippen LogP contribution < -0.4 is 5.32 Å². The Morgan fingerprint density at radius 1 is 0.931 bits per heavy atom. The van der Waals surface area contributed by atoms with E-state index < -0.39 is 0 Å². The molecule has 2 heterocycles. The van der Waals surface area contributed by atoms with E-state index in [1.165, 1.54) is 19.3 Å². The number of aromatic nitrogens is 2. The number of nitrogens with one attached hydrogen (secondary N) is 1. The van der Waals surface area contributed by atoms with Gasteiger partial charge < -0.3 is 9.47 Å². The van der Waals surface area contributed by atoms with Crippen LogP contribution in [0.5, 0.6) is 0 Å². The van der Waals surface area contributed by atoms with Gasteiger partial charge in [0.1, 0.15) is 0 Å². The molecule has 2 amide bonds. The summed E-state index contributed by atoms with van der Waals surface area (Å²) in [7, 11) is 0. The number of rotatable bonds is 4. The molecule has 1 unspecified atom stereocenters. The number of fused-ring (bicyclic) bond motifs is 1. The van der Waals surface area contributed by atoms with Crippen molar-refractivity contribution >= 4 is 28.8 Å². The van der Waals surface area contributed by atoms with Gasteiger partial charge >= 0.3 is 0 Å². The molecule has 6 heteroatoms. The van der Waals surface area contributed by atoms with Crippen LogP contribution in [0.2, 0.25) is 0 Å². The summed E-state index contributed by atoms with van der Waals surface area (Å²) in [6.45, 7) is 1.34. The quantitative estimate of drug-likeness (QED) is 0.848. The molecule has 3 fully saturated rings. The Bertz CT molecular complexity index is 911. The Morgan fingerprint density at radius 2 is 1.72 bits per heavy atom. The van der Waals surface area contributed by atoms with Crippen molar-refractivity contribution < 1.29 is 9.59 Å². The minimum absolute atomic E-state index is 0.00524. The Hall–Kier alpha value is -2.37. The molecule has 2 aromatic rings. The third kappa shape index (κ3) is 3.77. The van der Waals surface area contributed by atoms with Crippen LogP contribution in [0.4, 0.5) is 5.95 Å². The van der Waals surface area contributed by atoms with E-state index in [2.05, 4.69) is 16.0 Å². The second-order valence-corrected chi connectivity index (χ2v) is 8.97. The zero-order valence-electron chi connectivity index (χ0n) is 17.0. The van der Waals surface area contributed by atoms with Gasteiger partial charge in [0.15, 0.2) is 0 Å². The number of benzene rings is 1. The highest BCUT2D eigenvalue weighted by atomic mass is 16.2. The molecule has 154 valence electrons. The molecule has 29 heavy (non-hydrogen) atoms. The predicted molar refractivity (Wildman–Crippen MR) is 113 cm³/mol. The molecule has 3 aliphatic rings. The van der Waals surface area contributed by atoms with E-state index >= 15 is 0 Å². The number of hydrogen-bond acceptors (Lipinski definition) is 3. The van der Waals surface area contributed by atoms with Gasteiger partial charge in [-0.05, 0) is 50.7 Å². The maximum atomic E-state index is 13.1. The van der Waals surface area contributed by atoms with Gasteiger partial charge in [-0.3, -0.25) is 14.9 Å². The minimum Gasteiger partial charge on any atom is -0.342 e. The summed E-state index contributed by atoms with van der Waals surface area (Å²) >= 11 is 0. The summed E-state index contributed by atoms with van der Waals surface area (Å²) in [4.78, 5) is 32.3. The fourth-order valence-electron chi connectivity index (χ4n) is 5.03.